The van der Waals surface area contributed by atoms with Gasteiger partial charge >= 0.3 is 0 Å². The summed E-state index contributed by atoms with van der Waals surface area (Å²) in [4.78, 5) is 21.9. The maximum Gasteiger partial charge on any atom is 0.250 e. The lowest BCUT2D eigenvalue weighted by atomic mass is 10.1. The van der Waals surface area contributed by atoms with Gasteiger partial charge in [-0.2, -0.15) is 0 Å². The monoisotopic (exact) mass is 338 g/mol. The molecule has 2 aromatic rings. The second kappa shape index (κ2) is 8.12. The number of hydrogen-bond donors (Lipinski definition) is 1. The third-order valence-electron chi connectivity index (χ3n) is 4.86. The van der Waals surface area contributed by atoms with E-state index in [1.165, 1.54) is 19.4 Å². The number of pyridine rings is 1. The van der Waals surface area contributed by atoms with E-state index in [2.05, 4.69) is 21.8 Å². The van der Waals surface area contributed by atoms with Gasteiger partial charge in [0.25, 0.3) is 0 Å². The maximum atomic E-state index is 11.6. The Kier molecular flexibility index (Phi) is 5.66. The number of H-pyrrole nitrogens is 1. The van der Waals surface area contributed by atoms with Crippen molar-refractivity contribution in [1.29, 1.82) is 0 Å². The Bertz CT molecular complexity index is 822. The molecule has 1 fully saturated rings. The summed E-state index contributed by atoms with van der Waals surface area (Å²) in [5, 5.41) is 0. The van der Waals surface area contributed by atoms with E-state index in [1.54, 1.807) is 17.7 Å². The number of aromatic nitrogens is 3. The molecule has 5 heteroatoms. The first kappa shape index (κ1) is 17.4. The molecule has 0 aliphatic carbocycles. The third kappa shape index (κ3) is 4.57. The maximum absolute atomic E-state index is 11.6. The fourth-order valence-corrected chi connectivity index (χ4v) is 3.26. The van der Waals surface area contributed by atoms with Crippen LogP contribution in [0.1, 0.15) is 25.5 Å². The largest absolute Gasteiger partial charge is 0.364 e. The van der Waals surface area contributed by atoms with Crippen LogP contribution in [0.15, 0.2) is 53.8 Å². The standard InChI is InChI=1S/C20H26N4O/c1-16-5-4-11-24(16)12-9-19-14-21-13-17(6-3-10-22-19)18-7-8-20(25)23(2)15-18/h3,6-8,10,13-16,22H,4-5,9,11-12H2,1-2H3. The molecule has 1 saturated heterocycles. The molecule has 1 atom stereocenters. The van der Waals surface area contributed by atoms with Gasteiger partial charge in [0.2, 0.25) is 5.56 Å². The van der Waals surface area contributed by atoms with Crippen LogP contribution in [0.25, 0.3) is 11.1 Å². The smallest absolute Gasteiger partial charge is 0.250 e. The molecular formula is C20H26N4O. The van der Waals surface area contributed by atoms with Gasteiger partial charge < -0.3 is 14.5 Å². The van der Waals surface area contributed by atoms with Crippen LogP contribution >= 0.6 is 0 Å². The summed E-state index contributed by atoms with van der Waals surface area (Å²) < 4.78 is 1.58. The number of nitrogens with zero attached hydrogens (tertiary/aromatic N) is 3. The zero-order valence-corrected chi connectivity index (χ0v) is 15.0. The minimum atomic E-state index is -0.0140. The summed E-state index contributed by atoms with van der Waals surface area (Å²) in [6.45, 7) is 4.57. The van der Waals surface area contributed by atoms with Crippen LogP contribution < -0.4 is 5.56 Å². The average molecular weight is 338 g/mol. The first-order valence-corrected chi connectivity index (χ1v) is 8.90. The lowest BCUT2D eigenvalue weighted by Crippen LogP contribution is -2.29. The van der Waals surface area contributed by atoms with Crippen LogP contribution in [-0.4, -0.2) is 38.6 Å². The SMILES string of the molecule is CC1CCCN1CCc1cncc(-c2ccc(=O)n(C)c2)ccc[nH]1. The van der Waals surface area contributed by atoms with Crippen LogP contribution in [0, 0.1) is 0 Å². The molecule has 1 aliphatic heterocycles. The molecule has 132 valence electrons. The third-order valence-corrected chi connectivity index (χ3v) is 4.86. The summed E-state index contributed by atoms with van der Waals surface area (Å²) in [7, 11) is 1.76. The van der Waals surface area contributed by atoms with E-state index in [0.29, 0.717) is 6.04 Å². The van der Waals surface area contributed by atoms with E-state index in [-0.39, 0.29) is 5.56 Å². The molecule has 0 saturated carbocycles. The van der Waals surface area contributed by atoms with Gasteiger partial charge in [0.15, 0.2) is 0 Å². The van der Waals surface area contributed by atoms with E-state index in [4.69, 9.17) is 0 Å². The van der Waals surface area contributed by atoms with Gasteiger partial charge in [-0.15, -0.1) is 0 Å². The normalized spacial score (nSPS) is 17.4. The number of aromatic amines is 1. The van der Waals surface area contributed by atoms with Crippen LogP contribution in [0.3, 0.4) is 0 Å². The first-order chi connectivity index (χ1) is 12.1. The second-order valence-electron chi connectivity index (χ2n) is 6.70. The molecule has 2 aromatic heterocycles. The van der Waals surface area contributed by atoms with Crippen molar-refractivity contribution in [3.8, 4) is 11.1 Å². The summed E-state index contributed by atoms with van der Waals surface area (Å²) in [5.74, 6) is 0. The summed E-state index contributed by atoms with van der Waals surface area (Å²) >= 11 is 0. The Morgan fingerprint density at radius 2 is 2.12 bits per heavy atom. The van der Waals surface area contributed by atoms with Gasteiger partial charge in [-0.1, -0.05) is 6.07 Å². The van der Waals surface area contributed by atoms with Crippen molar-refractivity contribution in [2.75, 3.05) is 13.1 Å². The number of hydrogen-bond acceptors (Lipinski definition) is 3. The van der Waals surface area contributed by atoms with E-state index in [9.17, 15) is 4.79 Å². The molecule has 25 heavy (non-hydrogen) atoms. The highest BCUT2D eigenvalue weighted by atomic mass is 16.1. The Balaban J connectivity index is 1.78. The number of nitrogens with one attached hydrogen (secondary N) is 1. The van der Waals surface area contributed by atoms with Crippen molar-refractivity contribution in [2.24, 2.45) is 7.05 Å². The minimum Gasteiger partial charge on any atom is -0.364 e. The Morgan fingerprint density at radius 3 is 2.88 bits per heavy atom. The van der Waals surface area contributed by atoms with E-state index >= 15 is 0 Å². The fourth-order valence-electron chi connectivity index (χ4n) is 3.26. The van der Waals surface area contributed by atoms with Crippen molar-refractivity contribution in [2.45, 2.75) is 32.2 Å². The van der Waals surface area contributed by atoms with Crippen molar-refractivity contribution < 1.29 is 0 Å². The summed E-state index contributed by atoms with van der Waals surface area (Å²) in [6.07, 6.45) is 11.1. The van der Waals surface area contributed by atoms with E-state index < -0.39 is 0 Å². The van der Waals surface area contributed by atoms with E-state index in [1.807, 2.05) is 43.0 Å². The average Bonchev–Trinajstić information content (AvgIpc) is 3.05. The highest BCUT2D eigenvalue weighted by Crippen LogP contribution is 2.17. The lowest BCUT2D eigenvalue weighted by Gasteiger charge is -2.20. The molecule has 0 bridgehead atoms. The predicted molar refractivity (Wildman–Crippen MR) is 101 cm³/mol. The molecule has 1 unspecified atom stereocenters. The Morgan fingerprint density at radius 1 is 1.24 bits per heavy atom. The predicted octanol–water partition coefficient (Wildman–Crippen LogP) is 2.93. The summed E-state index contributed by atoms with van der Waals surface area (Å²) in [6, 6.07) is 8.07. The van der Waals surface area contributed by atoms with Crippen molar-refractivity contribution >= 4 is 0 Å². The van der Waals surface area contributed by atoms with Gasteiger partial charge in [-0.05, 0) is 44.0 Å². The minimum absolute atomic E-state index is 0.0140. The number of likely N-dealkylation sites (tertiary alicyclic amines) is 1. The Hall–Kier alpha value is -2.40. The number of aryl methyl sites for hydroxylation is 1. The van der Waals surface area contributed by atoms with E-state index in [0.717, 1.165) is 29.8 Å². The highest BCUT2D eigenvalue weighted by molar-refractivity contribution is 5.60. The molecule has 5 nitrogen and oxygen atoms in total. The topological polar surface area (TPSA) is 53.9 Å². The van der Waals surface area contributed by atoms with Crippen LogP contribution in [0.4, 0.5) is 0 Å². The Labute approximate surface area is 148 Å². The van der Waals surface area contributed by atoms with Crippen molar-refractivity contribution in [3.63, 3.8) is 0 Å². The molecule has 3 rings (SSSR count). The van der Waals surface area contributed by atoms with Crippen LogP contribution in [-0.2, 0) is 13.5 Å². The van der Waals surface area contributed by atoms with Crippen LogP contribution in [0.2, 0.25) is 0 Å². The molecule has 0 spiro atoms. The zero-order valence-electron chi connectivity index (χ0n) is 15.0. The lowest BCUT2D eigenvalue weighted by molar-refractivity contribution is 0.271. The second-order valence-corrected chi connectivity index (χ2v) is 6.70. The quantitative estimate of drug-likeness (QED) is 0.932. The van der Waals surface area contributed by atoms with Gasteiger partial charge in [0, 0.05) is 68.2 Å². The zero-order chi connectivity index (χ0) is 17.6. The first-order valence-electron chi connectivity index (χ1n) is 8.90. The van der Waals surface area contributed by atoms with Gasteiger partial charge in [-0.25, -0.2) is 0 Å². The molecule has 0 aromatic carbocycles. The van der Waals surface area contributed by atoms with Crippen molar-refractivity contribution in [3.05, 3.63) is 65.1 Å². The molecule has 1 aliphatic rings. The fraction of sp³-hybridized carbons (Fsp3) is 0.400. The van der Waals surface area contributed by atoms with Crippen LogP contribution in [0.5, 0.6) is 0 Å². The molecule has 1 N–H and O–H groups in total. The highest BCUT2D eigenvalue weighted by Gasteiger charge is 2.19. The van der Waals surface area contributed by atoms with Gasteiger partial charge in [0.05, 0.1) is 0 Å². The molecule has 3 heterocycles. The molecule has 0 amide bonds. The van der Waals surface area contributed by atoms with Gasteiger partial charge in [-0.3, -0.25) is 9.78 Å². The molecular weight excluding hydrogens is 312 g/mol. The summed E-state index contributed by atoms with van der Waals surface area (Å²) in [5.41, 5.74) is 3.04. The van der Waals surface area contributed by atoms with Gasteiger partial charge in [0.1, 0.15) is 0 Å². The molecule has 0 radical (unpaired) electrons. The van der Waals surface area contributed by atoms with Crippen molar-refractivity contribution in [1.82, 2.24) is 19.4 Å². The number of rotatable bonds is 4.